The van der Waals surface area contributed by atoms with E-state index in [-0.39, 0.29) is 6.04 Å². The van der Waals surface area contributed by atoms with E-state index >= 15 is 0 Å². The molecule has 144 valence electrons. The lowest BCUT2D eigenvalue weighted by Gasteiger charge is -2.37. The van der Waals surface area contributed by atoms with Crippen molar-refractivity contribution < 1.29 is 9.84 Å². The third kappa shape index (κ3) is 4.08. The maximum absolute atomic E-state index is 11.5. The molecule has 0 aliphatic carbocycles. The van der Waals surface area contributed by atoms with Crippen LogP contribution < -0.4 is 0 Å². The van der Waals surface area contributed by atoms with Crippen molar-refractivity contribution in [3.8, 4) is 11.3 Å². The van der Waals surface area contributed by atoms with E-state index in [0.29, 0.717) is 18.2 Å². The van der Waals surface area contributed by atoms with Crippen LogP contribution in [-0.2, 0) is 4.74 Å². The molecule has 1 aliphatic heterocycles. The second-order valence-corrected chi connectivity index (χ2v) is 7.21. The number of pyridine rings is 2. The molecule has 6 heteroatoms. The fourth-order valence-electron chi connectivity index (χ4n) is 3.67. The van der Waals surface area contributed by atoms with E-state index in [1.54, 1.807) is 12.4 Å². The molecule has 1 saturated heterocycles. The summed E-state index contributed by atoms with van der Waals surface area (Å²) in [6.07, 6.45) is 4.55. The molecule has 0 radical (unpaired) electrons. The van der Waals surface area contributed by atoms with Gasteiger partial charge < -0.3 is 9.84 Å². The van der Waals surface area contributed by atoms with Gasteiger partial charge in [-0.1, -0.05) is 35.9 Å². The van der Waals surface area contributed by atoms with Crippen molar-refractivity contribution in [2.24, 2.45) is 0 Å². The minimum Gasteiger partial charge on any atom is -0.386 e. The van der Waals surface area contributed by atoms with Gasteiger partial charge in [0.1, 0.15) is 6.10 Å². The summed E-state index contributed by atoms with van der Waals surface area (Å²) in [4.78, 5) is 11.1. The van der Waals surface area contributed by atoms with Crippen LogP contribution in [0.4, 0.5) is 0 Å². The van der Waals surface area contributed by atoms with Crippen LogP contribution in [0.2, 0.25) is 5.02 Å². The Morgan fingerprint density at radius 3 is 2.46 bits per heavy atom. The molecule has 2 atom stereocenters. The fourth-order valence-corrected chi connectivity index (χ4v) is 3.80. The van der Waals surface area contributed by atoms with Crippen molar-refractivity contribution in [2.75, 3.05) is 26.3 Å². The monoisotopic (exact) mass is 395 g/mol. The minimum absolute atomic E-state index is 0.229. The Bertz CT molecular complexity index is 899. The van der Waals surface area contributed by atoms with Crippen LogP contribution in [0.3, 0.4) is 0 Å². The van der Waals surface area contributed by atoms with Crippen LogP contribution in [0.15, 0.2) is 67.1 Å². The molecule has 2 aromatic heterocycles. The van der Waals surface area contributed by atoms with E-state index in [1.807, 2.05) is 54.7 Å². The number of aliphatic hydroxyl groups excluding tert-OH is 1. The number of aliphatic hydroxyl groups is 1. The first-order chi connectivity index (χ1) is 13.7. The third-order valence-electron chi connectivity index (χ3n) is 5.04. The Hall–Kier alpha value is -2.31. The quantitative estimate of drug-likeness (QED) is 0.709. The largest absolute Gasteiger partial charge is 0.386 e. The Balaban J connectivity index is 1.75. The first kappa shape index (κ1) is 19.0. The normalized spacial score (nSPS) is 17.2. The summed E-state index contributed by atoms with van der Waals surface area (Å²) in [7, 11) is 0. The molecule has 1 N–H and O–H groups in total. The van der Waals surface area contributed by atoms with Crippen molar-refractivity contribution in [3.05, 3.63) is 83.3 Å². The molecule has 3 aromatic rings. The van der Waals surface area contributed by atoms with Gasteiger partial charge in [-0.05, 0) is 29.8 Å². The molecule has 0 spiro atoms. The lowest BCUT2D eigenvalue weighted by atomic mass is 9.92. The molecule has 5 nitrogen and oxygen atoms in total. The second kappa shape index (κ2) is 8.80. The summed E-state index contributed by atoms with van der Waals surface area (Å²) < 4.78 is 5.51. The molecule has 1 aliphatic rings. The summed E-state index contributed by atoms with van der Waals surface area (Å²) >= 11 is 6.04. The van der Waals surface area contributed by atoms with Gasteiger partial charge in [-0.3, -0.25) is 14.9 Å². The highest BCUT2D eigenvalue weighted by Crippen LogP contribution is 2.38. The van der Waals surface area contributed by atoms with E-state index < -0.39 is 6.10 Å². The van der Waals surface area contributed by atoms with Crippen LogP contribution in [0.5, 0.6) is 0 Å². The van der Waals surface area contributed by atoms with Crippen molar-refractivity contribution in [3.63, 3.8) is 0 Å². The molecule has 0 amide bonds. The third-order valence-corrected chi connectivity index (χ3v) is 5.29. The number of aromatic nitrogens is 2. The van der Waals surface area contributed by atoms with Crippen LogP contribution in [0.25, 0.3) is 11.3 Å². The van der Waals surface area contributed by atoms with E-state index in [1.165, 1.54) is 0 Å². The Morgan fingerprint density at radius 1 is 1.00 bits per heavy atom. The van der Waals surface area contributed by atoms with Gasteiger partial charge >= 0.3 is 0 Å². The zero-order chi connectivity index (χ0) is 19.3. The highest BCUT2D eigenvalue weighted by Gasteiger charge is 2.32. The van der Waals surface area contributed by atoms with Gasteiger partial charge in [0.15, 0.2) is 0 Å². The number of hydrogen-bond donors (Lipinski definition) is 1. The number of nitrogens with zero attached hydrogens (tertiary/aromatic N) is 3. The summed E-state index contributed by atoms with van der Waals surface area (Å²) in [6.45, 7) is 2.82. The molecular formula is C22H22ClN3O2. The van der Waals surface area contributed by atoms with Crippen LogP contribution >= 0.6 is 11.6 Å². The zero-order valence-electron chi connectivity index (χ0n) is 15.4. The molecule has 28 heavy (non-hydrogen) atoms. The molecule has 0 bridgehead atoms. The first-order valence-electron chi connectivity index (χ1n) is 9.34. The van der Waals surface area contributed by atoms with Crippen LogP contribution in [0, 0.1) is 0 Å². The van der Waals surface area contributed by atoms with Gasteiger partial charge in [-0.15, -0.1) is 0 Å². The second-order valence-electron chi connectivity index (χ2n) is 6.77. The van der Waals surface area contributed by atoms with Gasteiger partial charge in [0.25, 0.3) is 0 Å². The van der Waals surface area contributed by atoms with Gasteiger partial charge in [-0.25, -0.2) is 0 Å². The Morgan fingerprint density at radius 2 is 1.75 bits per heavy atom. The summed E-state index contributed by atoms with van der Waals surface area (Å²) in [5.74, 6) is 0. The van der Waals surface area contributed by atoms with Crippen molar-refractivity contribution >= 4 is 11.6 Å². The zero-order valence-corrected chi connectivity index (χ0v) is 16.2. The van der Waals surface area contributed by atoms with E-state index in [0.717, 1.165) is 35.5 Å². The van der Waals surface area contributed by atoms with Crippen molar-refractivity contribution in [2.45, 2.75) is 12.1 Å². The smallest absolute Gasteiger partial charge is 0.101 e. The van der Waals surface area contributed by atoms with E-state index in [9.17, 15) is 5.11 Å². The molecule has 1 aromatic carbocycles. The Kier molecular flexibility index (Phi) is 5.98. The van der Waals surface area contributed by atoms with Gasteiger partial charge in [0, 0.05) is 47.8 Å². The molecule has 0 unspecified atom stereocenters. The van der Waals surface area contributed by atoms with Crippen molar-refractivity contribution in [1.82, 2.24) is 14.9 Å². The van der Waals surface area contributed by atoms with Crippen molar-refractivity contribution in [1.29, 1.82) is 0 Å². The number of morpholine rings is 1. The van der Waals surface area contributed by atoms with E-state index in [4.69, 9.17) is 16.3 Å². The lowest BCUT2D eigenvalue weighted by Crippen LogP contribution is -2.41. The predicted octanol–water partition coefficient (Wildman–Crippen LogP) is 3.90. The number of halogens is 1. The molecule has 0 saturated carbocycles. The number of hydrogen-bond acceptors (Lipinski definition) is 5. The fraction of sp³-hybridized carbons (Fsp3) is 0.273. The van der Waals surface area contributed by atoms with Crippen LogP contribution in [0.1, 0.15) is 23.3 Å². The van der Waals surface area contributed by atoms with Gasteiger partial charge in [0.2, 0.25) is 0 Å². The number of rotatable bonds is 5. The highest BCUT2D eigenvalue weighted by atomic mass is 35.5. The molecule has 1 fully saturated rings. The molecule has 4 rings (SSSR count). The minimum atomic E-state index is -0.762. The highest BCUT2D eigenvalue weighted by molar-refractivity contribution is 6.30. The summed E-state index contributed by atoms with van der Waals surface area (Å²) in [5.41, 5.74) is 3.44. The van der Waals surface area contributed by atoms with Crippen LogP contribution in [-0.4, -0.2) is 46.3 Å². The summed E-state index contributed by atoms with van der Waals surface area (Å²) in [6, 6.07) is 15.0. The van der Waals surface area contributed by atoms with Gasteiger partial charge in [-0.2, -0.15) is 0 Å². The maximum Gasteiger partial charge on any atom is 0.101 e. The SMILES string of the molecule is O[C@H](c1cccnc1-c1ccc(Cl)cc1)[C@H](c1cccnc1)N1CCOCC1. The summed E-state index contributed by atoms with van der Waals surface area (Å²) in [5, 5.41) is 12.2. The molecule has 3 heterocycles. The van der Waals surface area contributed by atoms with Gasteiger partial charge in [0.05, 0.1) is 24.9 Å². The maximum atomic E-state index is 11.5. The molecular weight excluding hydrogens is 374 g/mol. The average Bonchev–Trinajstić information content (AvgIpc) is 2.76. The Labute approximate surface area is 169 Å². The number of benzene rings is 1. The van der Waals surface area contributed by atoms with E-state index in [2.05, 4.69) is 14.9 Å². The predicted molar refractivity (Wildman–Crippen MR) is 109 cm³/mol. The lowest BCUT2D eigenvalue weighted by molar-refractivity contribution is -0.0238. The topological polar surface area (TPSA) is 58.5 Å². The average molecular weight is 396 g/mol. The number of ether oxygens (including phenoxy) is 1. The first-order valence-corrected chi connectivity index (χ1v) is 9.72. The standard InChI is InChI=1S/C22H22ClN3O2/c23-18-7-5-16(6-8-18)20-19(4-2-10-25-20)22(27)21(17-3-1-9-24-15-17)26-11-13-28-14-12-26/h1-10,15,21-22,27H,11-14H2/t21-,22+/m0/s1.